The van der Waals surface area contributed by atoms with Crippen molar-refractivity contribution in [2.45, 2.75) is 31.4 Å². The van der Waals surface area contributed by atoms with Crippen LogP contribution in [0.1, 0.15) is 25.3 Å². The fraction of sp³-hybridized carbons (Fsp3) is 0.462. The smallest absolute Gasteiger partial charge is 0.183 e. The van der Waals surface area contributed by atoms with Crippen molar-refractivity contribution in [2.24, 2.45) is 0 Å². The van der Waals surface area contributed by atoms with Crippen molar-refractivity contribution >= 4 is 21.6 Å². The van der Waals surface area contributed by atoms with Gasteiger partial charge in [0.2, 0.25) is 0 Å². The van der Waals surface area contributed by atoms with Gasteiger partial charge < -0.3 is 10.5 Å². The molecular weight excluding hydrogens is 322 g/mol. The lowest BCUT2D eigenvalue weighted by atomic mass is 10.1. The van der Waals surface area contributed by atoms with Crippen LogP contribution in [-0.4, -0.2) is 33.4 Å². The molecule has 1 saturated carbocycles. The molecule has 2 aromatic rings. The molecule has 0 aliphatic heterocycles. The van der Waals surface area contributed by atoms with Crippen LogP contribution >= 0.6 is 15.9 Å². The van der Waals surface area contributed by atoms with E-state index in [0.29, 0.717) is 11.8 Å². The minimum Gasteiger partial charge on any atom is -0.399 e. The van der Waals surface area contributed by atoms with Crippen LogP contribution in [0.5, 0.6) is 0 Å². The standard InChI is InChI=1S/C13H16BrN5O/c1-20-10-4-3-9(7-10)19-13(16-17-18-19)11-6-8(15)2-5-12(11)14/h2,5-6,9-10H,3-4,7,15H2,1H3. The third-order valence-electron chi connectivity index (χ3n) is 3.76. The minimum absolute atomic E-state index is 0.276. The van der Waals surface area contributed by atoms with Gasteiger partial charge in [-0.15, -0.1) is 5.10 Å². The van der Waals surface area contributed by atoms with Gasteiger partial charge in [-0.1, -0.05) is 15.9 Å². The van der Waals surface area contributed by atoms with E-state index < -0.39 is 0 Å². The maximum absolute atomic E-state index is 5.86. The normalized spacial score (nSPS) is 22.3. The summed E-state index contributed by atoms with van der Waals surface area (Å²) in [5.41, 5.74) is 7.47. The number of methoxy groups -OCH3 is 1. The molecule has 0 amide bonds. The van der Waals surface area contributed by atoms with Gasteiger partial charge in [-0.3, -0.25) is 0 Å². The summed E-state index contributed by atoms with van der Waals surface area (Å²) in [6.07, 6.45) is 3.30. The second-order valence-electron chi connectivity index (χ2n) is 5.01. The van der Waals surface area contributed by atoms with Gasteiger partial charge in [0, 0.05) is 22.8 Å². The van der Waals surface area contributed by atoms with Gasteiger partial charge in [-0.25, -0.2) is 4.68 Å². The Morgan fingerprint density at radius 2 is 2.25 bits per heavy atom. The van der Waals surface area contributed by atoms with Crippen molar-refractivity contribution < 1.29 is 4.74 Å². The Balaban J connectivity index is 1.96. The predicted molar refractivity (Wildman–Crippen MR) is 79.1 cm³/mol. The molecular formula is C13H16BrN5O. The van der Waals surface area contributed by atoms with Gasteiger partial charge in [-0.05, 0) is 47.9 Å². The molecule has 0 radical (unpaired) electrons. The molecule has 1 fully saturated rings. The number of halogens is 1. The van der Waals surface area contributed by atoms with Crippen LogP contribution in [0.3, 0.4) is 0 Å². The highest BCUT2D eigenvalue weighted by Gasteiger charge is 2.29. The summed E-state index contributed by atoms with van der Waals surface area (Å²) in [5.74, 6) is 0.742. The second kappa shape index (κ2) is 5.49. The number of nitrogens with zero attached hydrogens (tertiary/aromatic N) is 4. The largest absolute Gasteiger partial charge is 0.399 e. The first-order valence-corrected chi connectivity index (χ1v) is 7.34. The molecule has 20 heavy (non-hydrogen) atoms. The van der Waals surface area contributed by atoms with Crippen LogP contribution in [0.15, 0.2) is 22.7 Å². The van der Waals surface area contributed by atoms with Crippen molar-refractivity contribution in [1.82, 2.24) is 20.2 Å². The van der Waals surface area contributed by atoms with Crippen LogP contribution < -0.4 is 5.73 Å². The number of nitrogen functional groups attached to an aromatic ring is 1. The Bertz CT molecular complexity index is 615. The second-order valence-corrected chi connectivity index (χ2v) is 5.87. The lowest BCUT2D eigenvalue weighted by Gasteiger charge is -2.13. The molecule has 0 saturated heterocycles. The van der Waals surface area contributed by atoms with Gasteiger partial charge in [0.1, 0.15) is 0 Å². The monoisotopic (exact) mass is 337 g/mol. The van der Waals surface area contributed by atoms with E-state index in [2.05, 4.69) is 31.5 Å². The molecule has 1 aliphatic rings. The summed E-state index contributed by atoms with van der Waals surface area (Å²) >= 11 is 3.53. The van der Waals surface area contributed by atoms with E-state index >= 15 is 0 Å². The maximum Gasteiger partial charge on any atom is 0.183 e. The Morgan fingerprint density at radius 1 is 1.40 bits per heavy atom. The van der Waals surface area contributed by atoms with E-state index in [1.807, 2.05) is 22.9 Å². The average molecular weight is 338 g/mol. The van der Waals surface area contributed by atoms with E-state index in [-0.39, 0.29) is 6.04 Å². The van der Waals surface area contributed by atoms with E-state index in [1.54, 1.807) is 7.11 Å². The molecule has 2 atom stereocenters. The first kappa shape index (κ1) is 13.5. The summed E-state index contributed by atoms with van der Waals surface area (Å²) in [4.78, 5) is 0. The average Bonchev–Trinajstić information content (AvgIpc) is 3.08. The molecule has 1 heterocycles. The molecule has 0 spiro atoms. The van der Waals surface area contributed by atoms with Gasteiger partial charge >= 0.3 is 0 Å². The fourth-order valence-corrected chi connectivity index (χ4v) is 3.11. The molecule has 1 aliphatic carbocycles. The van der Waals surface area contributed by atoms with Gasteiger partial charge in [-0.2, -0.15) is 0 Å². The van der Waals surface area contributed by atoms with Crippen molar-refractivity contribution in [3.63, 3.8) is 0 Å². The highest BCUT2D eigenvalue weighted by atomic mass is 79.9. The number of hydrogen-bond acceptors (Lipinski definition) is 5. The summed E-state index contributed by atoms with van der Waals surface area (Å²) < 4.78 is 8.24. The molecule has 0 bridgehead atoms. The molecule has 106 valence electrons. The summed E-state index contributed by atoms with van der Waals surface area (Å²) in [7, 11) is 1.75. The number of benzene rings is 1. The Hall–Kier alpha value is -1.47. The zero-order valence-corrected chi connectivity index (χ0v) is 12.7. The van der Waals surface area contributed by atoms with Crippen LogP contribution in [-0.2, 0) is 4.74 Å². The molecule has 1 aromatic heterocycles. The van der Waals surface area contributed by atoms with Crippen LogP contribution in [0.4, 0.5) is 5.69 Å². The zero-order chi connectivity index (χ0) is 14.1. The number of tetrazole rings is 1. The maximum atomic E-state index is 5.86. The minimum atomic E-state index is 0.276. The highest BCUT2D eigenvalue weighted by molar-refractivity contribution is 9.10. The number of hydrogen-bond donors (Lipinski definition) is 1. The predicted octanol–water partition coefficient (Wildman–Crippen LogP) is 2.42. The van der Waals surface area contributed by atoms with Crippen molar-refractivity contribution in [3.05, 3.63) is 22.7 Å². The SMILES string of the molecule is COC1CCC(n2nnnc2-c2cc(N)ccc2Br)C1. The molecule has 7 heteroatoms. The van der Waals surface area contributed by atoms with Crippen LogP contribution in [0.25, 0.3) is 11.4 Å². The fourth-order valence-electron chi connectivity index (χ4n) is 2.68. The van der Waals surface area contributed by atoms with E-state index in [4.69, 9.17) is 10.5 Å². The van der Waals surface area contributed by atoms with E-state index in [0.717, 1.165) is 35.1 Å². The zero-order valence-electron chi connectivity index (χ0n) is 11.2. The highest BCUT2D eigenvalue weighted by Crippen LogP contribution is 2.35. The molecule has 2 N–H and O–H groups in total. The van der Waals surface area contributed by atoms with Crippen LogP contribution in [0.2, 0.25) is 0 Å². The molecule has 3 rings (SSSR count). The van der Waals surface area contributed by atoms with Gasteiger partial charge in [0.25, 0.3) is 0 Å². The van der Waals surface area contributed by atoms with Crippen LogP contribution in [0, 0.1) is 0 Å². The van der Waals surface area contributed by atoms with E-state index in [1.165, 1.54) is 0 Å². The van der Waals surface area contributed by atoms with Gasteiger partial charge in [0.15, 0.2) is 5.82 Å². The topological polar surface area (TPSA) is 78.8 Å². The third kappa shape index (κ3) is 2.43. The summed E-state index contributed by atoms with van der Waals surface area (Å²) in [5, 5.41) is 12.1. The Morgan fingerprint density at radius 3 is 3.00 bits per heavy atom. The van der Waals surface area contributed by atoms with E-state index in [9.17, 15) is 0 Å². The van der Waals surface area contributed by atoms with Gasteiger partial charge in [0.05, 0.1) is 12.1 Å². The van der Waals surface area contributed by atoms with Crippen molar-refractivity contribution in [3.8, 4) is 11.4 Å². The summed E-state index contributed by atoms with van der Waals surface area (Å²) in [6.45, 7) is 0. The number of rotatable bonds is 3. The molecule has 1 aromatic carbocycles. The number of anilines is 1. The Labute approximate surface area is 125 Å². The molecule has 6 nitrogen and oxygen atoms in total. The first-order valence-electron chi connectivity index (χ1n) is 6.55. The quantitative estimate of drug-likeness (QED) is 0.870. The lowest BCUT2D eigenvalue weighted by molar-refractivity contribution is 0.105. The first-order chi connectivity index (χ1) is 9.69. The Kier molecular flexibility index (Phi) is 3.71. The number of ether oxygens (including phenoxy) is 1. The lowest BCUT2D eigenvalue weighted by Crippen LogP contribution is -2.12. The van der Waals surface area contributed by atoms with Crippen molar-refractivity contribution in [1.29, 1.82) is 0 Å². The molecule has 2 unspecified atom stereocenters. The summed E-state index contributed by atoms with van der Waals surface area (Å²) in [6, 6.07) is 5.92. The number of aromatic nitrogens is 4. The number of nitrogens with two attached hydrogens (primary N) is 1. The van der Waals surface area contributed by atoms with Crippen molar-refractivity contribution in [2.75, 3.05) is 12.8 Å². The third-order valence-corrected chi connectivity index (χ3v) is 4.45.